The molecule has 126 valence electrons. The lowest BCUT2D eigenvalue weighted by atomic mass is 10.1. The Hall–Kier alpha value is -2.10. The van der Waals surface area contributed by atoms with Crippen LogP contribution < -0.4 is 0 Å². The zero-order valence-electron chi connectivity index (χ0n) is 12.0. The van der Waals surface area contributed by atoms with Crippen molar-refractivity contribution in [3.05, 3.63) is 63.1 Å². The predicted octanol–water partition coefficient (Wildman–Crippen LogP) is 4.34. The number of hydrogen-bond donors (Lipinski definition) is 0. The second-order valence-corrected chi connectivity index (χ2v) is 5.65. The highest BCUT2D eigenvalue weighted by molar-refractivity contribution is 14.1. The van der Waals surface area contributed by atoms with Crippen LogP contribution in [-0.2, 0) is 15.7 Å². The zero-order chi connectivity index (χ0) is 17.7. The zero-order valence-corrected chi connectivity index (χ0v) is 14.1. The molecule has 0 bridgehead atoms. The van der Waals surface area contributed by atoms with E-state index >= 15 is 0 Å². The summed E-state index contributed by atoms with van der Waals surface area (Å²) in [7, 11) is 0. The van der Waals surface area contributed by atoms with Crippen molar-refractivity contribution >= 4 is 40.4 Å². The Balaban J connectivity index is 1.93. The average Bonchev–Trinajstić information content (AvgIpc) is 2.95. The first kappa shape index (κ1) is 18.2. The van der Waals surface area contributed by atoms with Gasteiger partial charge in [0.05, 0.1) is 5.56 Å². The quantitative estimate of drug-likeness (QED) is 0.295. The Kier molecular flexibility index (Phi) is 5.81. The molecule has 1 aromatic carbocycles. The van der Waals surface area contributed by atoms with E-state index in [1.807, 2.05) is 22.6 Å². The molecule has 8 heteroatoms. The number of Topliss-reactive ketones (excluding diaryl/α,β-unsaturated/α-hetero) is 1. The lowest BCUT2D eigenvalue weighted by Gasteiger charge is -2.08. The van der Waals surface area contributed by atoms with E-state index in [1.54, 1.807) is 12.1 Å². The first-order valence-corrected chi connectivity index (χ1v) is 7.64. The summed E-state index contributed by atoms with van der Waals surface area (Å²) in [5.41, 5.74) is -1.12. The van der Waals surface area contributed by atoms with Gasteiger partial charge in [-0.3, -0.25) is 4.79 Å². The number of hydrogen-bond acceptors (Lipinski definition) is 4. The molecule has 0 unspecified atom stereocenters. The largest absolute Gasteiger partial charge is 0.454 e. The summed E-state index contributed by atoms with van der Waals surface area (Å²) in [5.74, 6) is -1.10. The maximum absolute atomic E-state index is 12.6. The lowest BCUT2D eigenvalue weighted by molar-refractivity contribution is -0.138. The van der Waals surface area contributed by atoms with Gasteiger partial charge in [-0.1, -0.05) is 12.1 Å². The topological polar surface area (TPSA) is 56.5 Å². The fraction of sp³-hybridized carbons (Fsp3) is 0.125. The van der Waals surface area contributed by atoms with Crippen LogP contribution in [0.4, 0.5) is 13.2 Å². The lowest BCUT2D eigenvalue weighted by Crippen LogP contribution is -2.14. The molecule has 2 rings (SSSR count). The highest BCUT2D eigenvalue weighted by Gasteiger charge is 2.30. The Morgan fingerprint density at radius 2 is 1.96 bits per heavy atom. The van der Waals surface area contributed by atoms with Crippen molar-refractivity contribution in [2.75, 3.05) is 6.61 Å². The van der Waals surface area contributed by atoms with Crippen LogP contribution in [0.2, 0.25) is 0 Å². The van der Waals surface area contributed by atoms with Gasteiger partial charge in [0.25, 0.3) is 0 Å². The number of carbonyl (C=O) groups is 2. The predicted molar refractivity (Wildman–Crippen MR) is 87.2 cm³/mol. The van der Waals surface area contributed by atoms with Crippen LogP contribution in [-0.4, -0.2) is 18.4 Å². The molecule has 1 heterocycles. The first-order valence-electron chi connectivity index (χ1n) is 6.56. The average molecular weight is 450 g/mol. The van der Waals surface area contributed by atoms with Crippen molar-refractivity contribution in [3.63, 3.8) is 0 Å². The van der Waals surface area contributed by atoms with Crippen LogP contribution >= 0.6 is 22.6 Å². The maximum atomic E-state index is 12.6. The minimum absolute atomic E-state index is 0.179. The number of ether oxygens (including phenoxy) is 1. The molecule has 0 N–H and O–H groups in total. The van der Waals surface area contributed by atoms with Crippen LogP contribution in [0.25, 0.3) is 6.08 Å². The summed E-state index contributed by atoms with van der Waals surface area (Å²) in [6.07, 6.45) is -2.12. The van der Waals surface area contributed by atoms with Crippen LogP contribution in [0.3, 0.4) is 0 Å². The molecule has 0 fully saturated rings. The minimum Gasteiger partial charge on any atom is -0.454 e. The molecule has 0 amide bonds. The summed E-state index contributed by atoms with van der Waals surface area (Å²) in [6.45, 7) is -0.653. The molecule has 1 aromatic heterocycles. The monoisotopic (exact) mass is 450 g/mol. The van der Waals surface area contributed by atoms with Crippen molar-refractivity contribution in [2.24, 2.45) is 0 Å². The number of ketones is 1. The third-order valence-corrected chi connectivity index (χ3v) is 3.41. The van der Waals surface area contributed by atoms with Gasteiger partial charge < -0.3 is 9.15 Å². The maximum Gasteiger partial charge on any atom is 0.416 e. The third-order valence-electron chi connectivity index (χ3n) is 2.84. The molecule has 0 saturated heterocycles. The number of rotatable bonds is 5. The van der Waals surface area contributed by atoms with E-state index in [1.165, 1.54) is 12.1 Å². The molecule has 24 heavy (non-hydrogen) atoms. The van der Waals surface area contributed by atoms with Crippen molar-refractivity contribution in [2.45, 2.75) is 6.18 Å². The SMILES string of the molecule is O=C(C=Cc1ccc(I)o1)OCC(=O)c1cccc(C(F)(F)F)c1. The van der Waals surface area contributed by atoms with Crippen molar-refractivity contribution in [1.29, 1.82) is 0 Å². The second-order valence-electron chi connectivity index (χ2n) is 4.58. The van der Waals surface area contributed by atoms with Crippen LogP contribution in [0.1, 0.15) is 21.7 Å². The molecule has 4 nitrogen and oxygen atoms in total. The van der Waals surface area contributed by atoms with Gasteiger partial charge in [0.1, 0.15) is 5.76 Å². The molecule has 0 aliphatic heterocycles. The summed E-state index contributed by atoms with van der Waals surface area (Å²) < 4.78 is 48.3. The molecule has 2 aromatic rings. The molecule has 0 radical (unpaired) electrons. The van der Waals surface area contributed by atoms with Crippen molar-refractivity contribution in [3.8, 4) is 0 Å². The summed E-state index contributed by atoms with van der Waals surface area (Å²) in [5, 5.41) is 0. The second kappa shape index (κ2) is 7.65. The smallest absolute Gasteiger partial charge is 0.416 e. The van der Waals surface area contributed by atoms with E-state index in [0.717, 1.165) is 24.3 Å². The van der Waals surface area contributed by atoms with E-state index < -0.39 is 30.1 Å². The molecular weight excluding hydrogens is 440 g/mol. The number of esters is 1. The standard InChI is InChI=1S/C16H10F3IO4/c17-16(18,19)11-3-1-2-10(8-11)13(21)9-23-15(22)7-5-12-4-6-14(20)24-12/h1-8H,9H2. The van der Waals surface area contributed by atoms with E-state index in [2.05, 4.69) is 0 Å². The Morgan fingerprint density at radius 1 is 1.21 bits per heavy atom. The Labute approximate surface area is 148 Å². The number of alkyl halides is 3. The number of furan rings is 1. The van der Waals surface area contributed by atoms with Gasteiger partial charge in [0.15, 0.2) is 16.2 Å². The third kappa shape index (κ3) is 5.22. The van der Waals surface area contributed by atoms with Gasteiger partial charge in [0.2, 0.25) is 0 Å². The number of carbonyl (C=O) groups excluding carboxylic acids is 2. The highest BCUT2D eigenvalue weighted by Crippen LogP contribution is 2.29. The molecule has 0 saturated carbocycles. The molecule has 0 aliphatic carbocycles. The Bertz CT molecular complexity index is 778. The van der Waals surface area contributed by atoms with Crippen LogP contribution in [0.5, 0.6) is 0 Å². The molecule has 0 atom stereocenters. The summed E-state index contributed by atoms with van der Waals surface area (Å²) in [4.78, 5) is 23.3. The van der Waals surface area contributed by atoms with Gasteiger partial charge in [-0.15, -0.1) is 0 Å². The van der Waals surface area contributed by atoms with Gasteiger partial charge in [-0.25, -0.2) is 4.79 Å². The van der Waals surface area contributed by atoms with E-state index in [4.69, 9.17) is 9.15 Å². The first-order chi connectivity index (χ1) is 11.3. The van der Waals surface area contributed by atoms with E-state index in [-0.39, 0.29) is 5.56 Å². The fourth-order valence-electron chi connectivity index (χ4n) is 1.71. The number of halogens is 4. The van der Waals surface area contributed by atoms with Crippen LogP contribution in [0.15, 0.2) is 46.9 Å². The molecule has 0 aliphatic rings. The van der Waals surface area contributed by atoms with Crippen molar-refractivity contribution < 1.29 is 31.9 Å². The highest BCUT2D eigenvalue weighted by atomic mass is 127. The fourth-order valence-corrected chi connectivity index (χ4v) is 2.14. The minimum atomic E-state index is -4.55. The summed E-state index contributed by atoms with van der Waals surface area (Å²) in [6, 6.07) is 7.26. The van der Waals surface area contributed by atoms with Gasteiger partial charge in [0, 0.05) is 11.6 Å². The van der Waals surface area contributed by atoms with Gasteiger partial charge in [-0.05, 0) is 52.9 Å². The van der Waals surface area contributed by atoms with Crippen molar-refractivity contribution in [1.82, 2.24) is 0 Å². The van der Waals surface area contributed by atoms with E-state index in [9.17, 15) is 22.8 Å². The molecule has 0 spiro atoms. The molecular formula is C16H10F3IO4. The van der Waals surface area contributed by atoms with Gasteiger partial charge in [-0.2, -0.15) is 13.2 Å². The number of benzene rings is 1. The Morgan fingerprint density at radius 3 is 2.58 bits per heavy atom. The van der Waals surface area contributed by atoms with E-state index in [0.29, 0.717) is 9.53 Å². The normalized spacial score (nSPS) is 11.7. The van der Waals surface area contributed by atoms with Gasteiger partial charge >= 0.3 is 12.1 Å². The van der Waals surface area contributed by atoms with Crippen LogP contribution in [0, 0.1) is 3.77 Å². The summed E-state index contributed by atoms with van der Waals surface area (Å²) >= 11 is 1.96.